The lowest BCUT2D eigenvalue weighted by Gasteiger charge is -2.14. The highest BCUT2D eigenvalue weighted by Crippen LogP contribution is 2.33. The number of aryl methyl sites for hydroxylation is 1. The van der Waals surface area contributed by atoms with Crippen molar-refractivity contribution in [3.63, 3.8) is 0 Å². The van der Waals surface area contributed by atoms with Crippen LogP contribution in [0.3, 0.4) is 0 Å². The fourth-order valence-electron chi connectivity index (χ4n) is 1.98. The van der Waals surface area contributed by atoms with Crippen LogP contribution in [0, 0.1) is 16.7 Å². The molecule has 92 valence electrons. The van der Waals surface area contributed by atoms with Gasteiger partial charge in [0.2, 0.25) is 0 Å². The highest BCUT2D eigenvalue weighted by atomic mass is 16.1. The Labute approximate surface area is 101 Å². The van der Waals surface area contributed by atoms with Crippen LogP contribution in [-0.4, -0.2) is 9.13 Å². The van der Waals surface area contributed by atoms with Gasteiger partial charge in [-0.2, -0.15) is 5.26 Å². The standard InChI is InChI=1S/C13H19N3O/c1-13(2,10-14)6-3-7-15-8-9-16(12(15)17)11-4-5-11/h8-9,11H,3-7H2,1-2H3. The Morgan fingerprint density at radius 3 is 2.76 bits per heavy atom. The largest absolute Gasteiger partial charge is 0.328 e. The van der Waals surface area contributed by atoms with E-state index in [-0.39, 0.29) is 11.1 Å². The molecular weight excluding hydrogens is 214 g/mol. The van der Waals surface area contributed by atoms with Crippen LogP contribution in [-0.2, 0) is 6.54 Å². The van der Waals surface area contributed by atoms with Gasteiger partial charge in [0, 0.05) is 25.0 Å². The fourth-order valence-corrected chi connectivity index (χ4v) is 1.98. The molecule has 0 aliphatic heterocycles. The molecule has 1 fully saturated rings. The SMILES string of the molecule is CC(C)(C#N)CCCn1ccn(C2CC2)c1=O. The van der Waals surface area contributed by atoms with Crippen LogP contribution in [0.4, 0.5) is 0 Å². The maximum absolute atomic E-state index is 11.9. The number of hydrogen-bond acceptors (Lipinski definition) is 2. The molecule has 4 heteroatoms. The van der Waals surface area contributed by atoms with Crippen molar-refractivity contribution in [3.05, 3.63) is 22.9 Å². The van der Waals surface area contributed by atoms with E-state index in [2.05, 4.69) is 6.07 Å². The Hall–Kier alpha value is -1.50. The van der Waals surface area contributed by atoms with E-state index in [1.807, 2.05) is 30.8 Å². The molecule has 0 aromatic carbocycles. The van der Waals surface area contributed by atoms with E-state index in [0.717, 1.165) is 25.7 Å². The van der Waals surface area contributed by atoms with Crippen molar-refractivity contribution in [2.75, 3.05) is 0 Å². The monoisotopic (exact) mass is 233 g/mol. The lowest BCUT2D eigenvalue weighted by molar-refractivity contribution is 0.412. The molecule has 4 nitrogen and oxygen atoms in total. The zero-order valence-electron chi connectivity index (χ0n) is 10.5. The number of imidazole rings is 1. The third-order valence-corrected chi connectivity index (χ3v) is 3.32. The molecular formula is C13H19N3O. The van der Waals surface area contributed by atoms with Crippen LogP contribution in [0.25, 0.3) is 0 Å². The highest BCUT2D eigenvalue weighted by Gasteiger charge is 2.25. The molecule has 0 atom stereocenters. The molecule has 1 heterocycles. The first kappa shape index (κ1) is 12.0. The molecule has 1 aliphatic carbocycles. The topological polar surface area (TPSA) is 50.7 Å². The van der Waals surface area contributed by atoms with E-state index in [1.165, 1.54) is 0 Å². The highest BCUT2D eigenvalue weighted by molar-refractivity contribution is 4.93. The van der Waals surface area contributed by atoms with Crippen LogP contribution in [0.2, 0.25) is 0 Å². The van der Waals surface area contributed by atoms with Crippen molar-refractivity contribution in [1.82, 2.24) is 9.13 Å². The van der Waals surface area contributed by atoms with Gasteiger partial charge in [0.05, 0.1) is 11.5 Å². The summed E-state index contributed by atoms with van der Waals surface area (Å²) in [5.74, 6) is 0. The van der Waals surface area contributed by atoms with Gasteiger partial charge in [-0.15, -0.1) is 0 Å². The van der Waals surface area contributed by atoms with Gasteiger partial charge in [-0.05, 0) is 39.5 Å². The zero-order valence-corrected chi connectivity index (χ0v) is 10.5. The van der Waals surface area contributed by atoms with Crippen molar-refractivity contribution in [1.29, 1.82) is 5.26 Å². The van der Waals surface area contributed by atoms with Crippen LogP contribution in [0.15, 0.2) is 17.2 Å². The van der Waals surface area contributed by atoms with E-state index in [9.17, 15) is 4.79 Å². The van der Waals surface area contributed by atoms with E-state index in [1.54, 1.807) is 4.57 Å². The molecule has 1 aromatic heterocycles. The normalized spacial score (nSPS) is 15.8. The first-order valence-corrected chi connectivity index (χ1v) is 6.22. The average Bonchev–Trinajstić information content (AvgIpc) is 3.06. The molecule has 0 bridgehead atoms. The van der Waals surface area contributed by atoms with Gasteiger partial charge >= 0.3 is 5.69 Å². The van der Waals surface area contributed by atoms with Gasteiger partial charge in [0.15, 0.2) is 0 Å². The van der Waals surface area contributed by atoms with Crippen LogP contribution >= 0.6 is 0 Å². The summed E-state index contributed by atoms with van der Waals surface area (Å²) < 4.78 is 3.58. The Morgan fingerprint density at radius 2 is 2.18 bits per heavy atom. The Morgan fingerprint density at radius 1 is 1.47 bits per heavy atom. The quantitative estimate of drug-likeness (QED) is 0.783. The third kappa shape index (κ3) is 2.79. The maximum atomic E-state index is 11.9. The van der Waals surface area contributed by atoms with E-state index in [4.69, 9.17) is 5.26 Å². The summed E-state index contributed by atoms with van der Waals surface area (Å²) in [6.45, 7) is 4.58. The third-order valence-electron chi connectivity index (χ3n) is 3.32. The Kier molecular flexibility index (Phi) is 3.10. The second-order valence-corrected chi connectivity index (χ2v) is 5.51. The molecule has 0 unspecified atom stereocenters. The van der Waals surface area contributed by atoms with Crippen molar-refractivity contribution in [2.24, 2.45) is 5.41 Å². The summed E-state index contributed by atoms with van der Waals surface area (Å²) in [4.78, 5) is 11.9. The molecule has 1 aromatic rings. The molecule has 0 spiro atoms. The Balaban J connectivity index is 1.92. The number of rotatable bonds is 5. The lowest BCUT2D eigenvalue weighted by atomic mass is 9.90. The van der Waals surface area contributed by atoms with Crippen molar-refractivity contribution in [2.45, 2.75) is 52.1 Å². The van der Waals surface area contributed by atoms with E-state index in [0.29, 0.717) is 12.6 Å². The predicted octanol–water partition coefficient (Wildman–Crippen LogP) is 2.31. The summed E-state index contributed by atoms with van der Waals surface area (Å²) >= 11 is 0. The van der Waals surface area contributed by atoms with Gasteiger partial charge in [0.25, 0.3) is 0 Å². The minimum absolute atomic E-state index is 0.0993. The lowest BCUT2D eigenvalue weighted by Crippen LogP contribution is -2.24. The van der Waals surface area contributed by atoms with Crippen molar-refractivity contribution >= 4 is 0 Å². The first-order chi connectivity index (χ1) is 8.03. The smallest absolute Gasteiger partial charge is 0.299 e. The van der Waals surface area contributed by atoms with Gasteiger partial charge in [-0.25, -0.2) is 4.79 Å². The number of aromatic nitrogens is 2. The van der Waals surface area contributed by atoms with Crippen molar-refractivity contribution < 1.29 is 0 Å². The maximum Gasteiger partial charge on any atom is 0.328 e. The second-order valence-electron chi connectivity index (χ2n) is 5.51. The second kappa shape index (κ2) is 4.40. The predicted molar refractivity (Wildman–Crippen MR) is 65.6 cm³/mol. The van der Waals surface area contributed by atoms with E-state index >= 15 is 0 Å². The van der Waals surface area contributed by atoms with Crippen molar-refractivity contribution in [3.8, 4) is 6.07 Å². The minimum atomic E-state index is -0.289. The molecule has 1 aliphatic rings. The van der Waals surface area contributed by atoms with E-state index < -0.39 is 0 Å². The summed E-state index contributed by atoms with van der Waals surface area (Å²) in [6.07, 6.45) is 7.70. The van der Waals surface area contributed by atoms with Gasteiger partial charge in [-0.1, -0.05) is 0 Å². The molecule has 0 saturated heterocycles. The van der Waals surface area contributed by atoms with Crippen LogP contribution < -0.4 is 5.69 Å². The fraction of sp³-hybridized carbons (Fsp3) is 0.692. The first-order valence-electron chi connectivity index (χ1n) is 6.22. The van der Waals surface area contributed by atoms with Crippen LogP contribution in [0.5, 0.6) is 0 Å². The number of nitrogens with zero attached hydrogens (tertiary/aromatic N) is 3. The molecule has 0 radical (unpaired) electrons. The summed E-state index contributed by atoms with van der Waals surface area (Å²) in [5.41, 5.74) is -0.190. The summed E-state index contributed by atoms with van der Waals surface area (Å²) in [6, 6.07) is 2.73. The number of hydrogen-bond donors (Lipinski definition) is 0. The van der Waals surface area contributed by atoms with Gasteiger partial charge in [0.1, 0.15) is 0 Å². The van der Waals surface area contributed by atoms with Crippen LogP contribution in [0.1, 0.15) is 45.6 Å². The molecule has 2 rings (SSSR count). The molecule has 0 N–H and O–H groups in total. The molecule has 0 amide bonds. The number of nitriles is 1. The minimum Gasteiger partial charge on any atom is -0.299 e. The van der Waals surface area contributed by atoms with Gasteiger partial charge < -0.3 is 0 Å². The summed E-state index contributed by atoms with van der Waals surface area (Å²) in [5, 5.41) is 8.91. The zero-order chi connectivity index (χ0) is 12.5. The summed E-state index contributed by atoms with van der Waals surface area (Å²) in [7, 11) is 0. The molecule has 17 heavy (non-hydrogen) atoms. The average molecular weight is 233 g/mol. The van der Waals surface area contributed by atoms with Gasteiger partial charge in [-0.3, -0.25) is 9.13 Å². The molecule has 1 saturated carbocycles. The Bertz CT molecular complexity index is 485.